The standard InChI is InChI=1S/C9H17NO2S/c1-2-12-9(11)8(10)6-7-4-3-5-13-7/h7-8H,2-6,10H2,1H3/t7-,8?/m0/s1. The topological polar surface area (TPSA) is 52.3 Å². The number of carbonyl (C=O) groups excluding carboxylic acids is 1. The largest absolute Gasteiger partial charge is 0.465 e. The summed E-state index contributed by atoms with van der Waals surface area (Å²) in [4.78, 5) is 11.2. The van der Waals surface area contributed by atoms with Crippen LogP contribution in [0.5, 0.6) is 0 Å². The average Bonchev–Trinajstić information content (AvgIpc) is 2.57. The van der Waals surface area contributed by atoms with Crippen LogP contribution in [-0.4, -0.2) is 29.6 Å². The zero-order valence-corrected chi connectivity index (χ0v) is 8.81. The van der Waals surface area contributed by atoms with Crippen LogP contribution < -0.4 is 5.73 Å². The maximum Gasteiger partial charge on any atom is 0.322 e. The Morgan fingerprint density at radius 2 is 2.54 bits per heavy atom. The first-order chi connectivity index (χ1) is 6.24. The predicted octanol–water partition coefficient (Wildman–Crippen LogP) is 1.16. The SMILES string of the molecule is CCOC(=O)C(N)C[C@@H]1CCCS1. The molecule has 1 saturated heterocycles. The molecule has 0 aromatic heterocycles. The van der Waals surface area contributed by atoms with Crippen molar-refractivity contribution >= 4 is 17.7 Å². The van der Waals surface area contributed by atoms with Gasteiger partial charge in [-0.2, -0.15) is 11.8 Å². The number of esters is 1. The molecule has 1 aliphatic rings. The molecule has 0 spiro atoms. The summed E-state index contributed by atoms with van der Waals surface area (Å²) in [6, 6.07) is -0.421. The van der Waals surface area contributed by atoms with Crippen molar-refractivity contribution in [2.24, 2.45) is 5.73 Å². The van der Waals surface area contributed by atoms with Crippen molar-refractivity contribution in [1.82, 2.24) is 0 Å². The van der Waals surface area contributed by atoms with Gasteiger partial charge in [0, 0.05) is 5.25 Å². The highest BCUT2D eigenvalue weighted by atomic mass is 32.2. The van der Waals surface area contributed by atoms with Crippen molar-refractivity contribution in [3.05, 3.63) is 0 Å². The molecule has 0 aromatic rings. The van der Waals surface area contributed by atoms with Gasteiger partial charge in [0.05, 0.1) is 6.61 Å². The lowest BCUT2D eigenvalue weighted by molar-refractivity contribution is -0.144. The molecule has 0 aliphatic carbocycles. The normalized spacial score (nSPS) is 24.3. The predicted molar refractivity (Wildman–Crippen MR) is 54.7 cm³/mol. The Balaban J connectivity index is 2.22. The number of ether oxygens (including phenoxy) is 1. The smallest absolute Gasteiger partial charge is 0.322 e. The zero-order chi connectivity index (χ0) is 9.68. The first kappa shape index (κ1) is 10.9. The molecule has 1 fully saturated rings. The third-order valence-electron chi connectivity index (χ3n) is 2.13. The molecule has 76 valence electrons. The van der Waals surface area contributed by atoms with Gasteiger partial charge in [0.2, 0.25) is 0 Å². The molecular weight excluding hydrogens is 186 g/mol. The summed E-state index contributed by atoms with van der Waals surface area (Å²) in [5, 5.41) is 0.569. The quantitative estimate of drug-likeness (QED) is 0.697. The van der Waals surface area contributed by atoms with E-state index < -0.39 is 6.04 Å². The van der Waals surface area contributed by atoms with Crippen molar-refractivity contribution in [2.45, 2.75) is 37.5 Å². The van der Waals surface area contributed by atoms with E-state index in [1.807, 2.05) is 11.8 Å². The first-order valence-corrected chi connectivity index (χ1v) is 5.82. The van der Waals surface area contributed by atoms with Crippen molar-refractivity contribution in [2.75, 3.05) is 12.4 Å². The van der Waals surface area contributed by atoms with E-state index >= 15 is 0 Å². The molecule has 1 aliphatic heterocycles. The Bertz CT molecular complexity index is 169. The number of thioether (sulfide) groups is 1. The Labute approximate surface area is 83.4 Å². The first-order valence-electron chi connectivity index (χ1n) is 4.78. The molecular formula is C9H17NO2S. The van der Waals surface area contributed by atoms with Gasteiger partial charge in [-0.15, -0.1) is 0 Å². The highest BCUT2D eigenvalue weighted by molar-refractivity contribution is 8.00. The monoisotopic (exact) mass is 203 g/mol. The Kier molecular flexibility index (Phi) is 4.59. The van der Waals surface area contributed by atoms with Gasteiger partial charge in [-0.05, 0) is 31.9 Å². The van der Waals surface area contributed by atoms with Crippen LogP contribution in [0, 0.1) is 0 Å². The highest BCUT2D eigenvalue weighted by Crippen LogP contribution is 2.29. The highest BCUT2D eigenvalue weighted by Gasteiger charge is 2.23. The van der Waals surface area contributed by atoms with Gasteiger partial charge in [-0.25, -0.2) is 0 Å². The van der Waals surface area contributed by atoms with Crippen LogP contribution in [0.15, 0.2) is 0 Å². The van der Waals surface area contributed by atoms with Crippen LogP contribution >= 0.6 is 11.8 Å². The van der Waals surface area contributed by atoms with Crippen molar-refractivity contribution in [3.8, 4) is 0 Å². The average molecular weight is 203 g/mol. The van der Waals surface area contributed by atoms with E-state index in [4.69, 9.17) is 10.5 Å². The van der Waals surface area contributed by atoms with E-state index in [9.17, 15) is 4.79 Å². The summed E-state index contributed by atoms with van der Waals surface area (Å²) < 4.78 is 4.84. The third kappa shape index (κ3) is 3.56. The molecule has 1 rings (SSSR count). The number of nitrogens with two attached hydrogens (primary N) is 1. The molecule has 2 atom stereocenters. The lowest BCUT2D eigenvalue weighted by Crippen LogP contribution is -2.34. The maximum absolute atomic E-state index is 11.2. The van der Waals surface area contributed by atoms with Crippen LogP contribution in [0.3, 0.4) is 0 Å². The Morgan fingerprint density at radius 1 is 1.77 bits per heavy atom. The summed E-state index contributed by atoms with van der Waals surface area (Å²) in [6.07, 6.45) is 3.21. The van der Waals surface area contributed by atoms with Crippen molar-refractivity contribution in [1.29, 1.82) is 0 Å². The molecule has 3 nitrogen and oxygen atoms in total. The number of hydrogen-bond donors (Lipinski definition) is 1. The van der Waals surface area contributed by atoms with Crippen molar-refractivity contribution < 1.29 is 9.53 Å². The molecule has 0 amide bonds. The molecule has 1 unspecified atom stereocenters. The van der Waals surface area contributed by atoms with Crippen LogP contribution in [0.4, 0.5) is 0 Å². The maximum atomic E-state index is 11.2. The number of rotatable bonds is 4. The lowest BCUT2D eigenvalue weighted by atomic mass is 10.1. The molecule has 2 N–H and O–H groups in total. The van der Waals surface area contributed by atoms with E-state index in [-0.39, 0.29) is 5.97 Å². The van der Waals surface area contributed by atoms with Gasteiger partial charge in [0.15, 0.2) is 0 Å². The fraction of sp³-hybridized carbons (Fsp3) is 0.889. The van der Waals surface area contributed by atoms with E-state index in [2.05, 4.69) is 0 Å². The van der Waals surface area contributed by atoms with Gasteiger partial charge in [-0.3, -0.25) is 4.79 Å². The van der Waals surface area contributed by atoms with Crippen LogP contribution in [0.25, 0.3) is 0 Å². The summed E-state index contributed by atoms with van der Waals surface area (Å²) in [5.41, 5.74) is 5.70. The van der Waals surface area contributed by atoms with E-state index in [0.717, 1.165) is 6.42 Å². The van der Waals surface area contributed by atoms with Gasteiger partial charge >= 0.3 is 5.97 Å². The summed E-state index contributed by atoms with van der Waals surface area (Å²) in [7, 11) is 0. The minimum Gasteiger partial charge on any atom is -0.465 e. The van der Waals surface area contributed by atoms with Gasteiger partial charge in [0.25, 0.3) is 0 Å². The molecule has 0 radical (unpaired) electrons. The second-order valence-corrected chi connectivity index (χ2v) is 4.64. The third-order valence-corrected chi connectivity index (χ3v) is 3.55. The zero-order valence-electron chi connectivity index (χ0n) is 7.99. The number of hydrogen-bond acceptors (Lipinski definition) is 4. The van der Waals surface area contributed by atoms with E-state index in [1.165, 1.54) is 18.6 Å². The second kappa shape index (κ2) is 5.50. The molecule has 0 saturated carbocycles. The van der Waals surface area contributed by atoms with E-state index in [0.29, 0.717) is 11.9 Å². The van der Waals surface area contributed by atoms with Gasteiger partial charge in [0.1, 0.15) is 6.04 Å². The second-order valence-electron chi connectivity index (χ2n) is 3.23. The lowest BCUT2D eigenvalue weighted by Gasteiger charge is -2.14. The summed E-state index contributed by atoms with van der Waals surface area (Å²) >= 11 is 1.92. The minimum absolute atomic E-state index is 0.255. The van der Waals surface area contributed by atoms with Gasteiger partial charge < -0.3 is 10.5 Å². The van der Waals surface area contributed by atoms with Crippen molar-refractivity contribution in [3.63, 3.8) is 0 Å². The molecule has 13 heavy (non-hydrogen) atoms. The van der Waals surface area contributed by atoms with Crippen LogP contribution in [0.1, 0.15) is 26.2 Å². The van der Waals surface area contributed by atoms with Gasteiger partial charge in [-0.1, -0.05) is 0 Å². The molecule has 4 heteroatoms. The molecule has 1 heterocycles. The summed E-state index contributed by atoms with van der Waals surface area (Å²) in [5.74, 6) is 0.954. The Morgan fingerprint density at radius 3 is 3.08 bits per heavy atom. The number of carbonyl (C=O) groups is 1. The summed E-state index contributed by atoms with van der Waals surface area (Å²) in [6.45, 7) is 2.22. The fourth-order valence-electron chi connectivity index (χ4n) is 1.46. The fourth-order valence-corrected chi connectivity index (χ4v) is 2.80. The van der Waals surface area contributed by atoms with Crippen LogP contribution in [0.2, 0.25) is 0 Å². The van der Waals surface area contributed by atoms with Crippen LogP contribution in [-0.2, 0) is 9.53 Å². The molecule has 0 bridgehead atoms. The Hall–Kier alpha value is -0.220. The molecule has 0 aromatic carbocycles. The minimum atomic E-state index is -0.421. The van der Waals surface area contributed by atoms with E-state index in [1.54, 1.807) is 6.92 Å².